The molecule has 0 aromatic heterocycles. The molecule has 1 aromatic carbocycles. The van der Waals surface area contributed by atoms with Crippen LogP contribution in [0, 0.1) is 5.92 Å². The molecule has 2 nitrogen and oxygen atoms in total. The Bertz CT molecular complexity index is 436. The highest BCUT2D eigenvalue weighted by Crippen LogP contribution is 2.39. The van der Waals surface area contributed by atoms with Gasteiger partial charge in [-0.05, 0) is 48.8 Å². The van der Waals surface area contributed by atoms with Crippen molar-refractivity contribution >= 4 is 11.8 Å². The molecule has 1 aliphatic rings. The van der Waals surface area contributed by atoms with Gasteiger partial charge in [-0.2, -0.15) is 13.2 Å². The first kappa shape index (κ1) is 16.6. The van der Waals surface area contributed by atoms with Gasteiger partial charge in [0, 0.05) is 24.0 Å². The number of halogens is 3. The molecule has 2 atom stereocenters. The maximum absolute atomic E-state index is 12.3. The standard InChI is InChI=1S/C15H20F3NOS/c1-2-8-19-10-12-7-9-20-14(12)11-3-5-13(6-4-11)21-15(16,17)18/h3-6,12,14,19H,2,7-10H2,1H3. The third kappa shape index (κ3) is 5.20. The molecule has 0 radical (unpaired) electrons. The molecular weight excluding hydrogens is 299 g/mol. The number of benzene rings is 1. The van der Waals surface area contributed by atoms with Gasteiger partial charge >= 0.3 is 5.51 Å². The molecule has 0 bridgehead atoms. The first-order chi connectivity index (χ1) is 9.99. The van der Waals surface area contributed by atoms with Crippen LogP contribution in [0.2, 0.25) is 0 Å². The minimum Gasteiger partial charge on any atom is -0.373 e. The molecule has 0 aliphatic carbocycles. The van der Waals surface area contributed by atoms with Gasteiger partial charge in [-0.25, -0.2) is 0 Å². The summed E-state index contributed by atoms with van der Waals surface area (Å²) >= 11 is -0.0835. The average Bonchev–Trinajstić information content (AvgIpc) is 2.86. The predicted molar refractivity (Wildman–Crippen MR) is 78.3 cm³/mol. The largest absolute Gasteiger partial charge is 0.446 e. The highest BCUT2D eigenvalue weighted by Gasteiger charge is 2.31. The molecule has 1 fully saturated rings. The van der Waals surface area contributed by atoms with E-state index < -0.39 is 5.51 Å². The van der Waals surface area contributed by atoms with Crippen LogP contribution >= 0.6 is 11.8 Å². The Morgan fingerprint density at radius 1 is 1.29 bits per heavy atom. The number of hydrogen-bond acceptors (Lipinski definition) is 3. The zero-order chi connectivity index (χ0) is 15.3. The van der Waals surface area contributed by atoms with Crippen LogP contribution < -0.4 is 5.32 Å². The number of hydrogen-bond donors (Lipinski definition) is 1. The molecular formula is C15H20F3NOS. The number of rotatable bonds is 6. The second kappa shape index (κ2) is 7.51. The Morgan fingerprint density at radius 3 is 2.62 bits per heavy atom. The van der Waals surface area contributed by atoms with Crippen LogP contribution in [-0.2, 0) is 4.74 Å². The Hall–Kier alpha value is -0.720. The molecule has 1 aliphatic heterocycles. The molecule has 6 heteroatoms. The molecule has 1 saturated heterocycles. The molecule has 0 saturated carbocycles. The third-order valence-corrected chi connectivity index (χ3v) is 4.23. The molecule has 21 heavy (non-hydrogen) atoms. The lowest BCUT2D eigenvalue weighted by Crippen LogP contribution is -2.25. The van der Waals surface area contributed by atoms with Gasteiger partial charge in [0.2, 0.25) is 0 Å². The summed E-state index contributed by atoms with van der Waals surface area (Å²) in [6.07, 6.45) is 2.06. The quantitative estimate of drug-likeness (QED) is 0.621. The van der Waals surface area contributed by atoms with E-state index in [1.807, 2.05) is 0 Å². The van der Waals surface area contributed by atoms with Gasteiger partial charge in [-0.15, -0.1) is 0 Å². The molecule has 1 heterocycles. The van der Waals surface area contributed by atoms with Gasteiger partial charge < -0.3 is 10.1 Å². The third-order valence-electron chi connectivity index (χ3n) is 3.49. The lowest BCUT2D eigenvalue weighted by atomic mass is 9.95. The summed E-state index contributed by atoms with van der Waals surface area (Å²) in [6.45, 7) is 4.69. The maximum atomic E-state index is 12.3. The van der Waals surface area contributed by atoms with E-state index in [1.165, 1.54) is 12.1 Å². The average molecular weight is 319 g/mol. The van der Waals surface area contributed by atoms with E-state index in [-0.39, 0.29) is 22.8 Å². The van der Waals surface area contributed by atoms with Crippen LogP contribution in [0.25, 0.3) is 0 Å². The topological polar surface area (TPSA) is 21.3 Å². The monoisotopic (exact) mass is 319 g/mol. The normalized spacial score (nSPS) is 22.7. The molecule has 118 valence electrons. The van der Waals surface area contributed by atoms with Crippen molar-refractivity contribution < 1.29 is 17.9 Å². The first-order valence-electron chi connectivity index (χ1n) is 7.17. The van der Waals surface area contributed by atoms with Crippen molar-refractivity contribution in [3.63, 3.8) is 0 Å². The molecule has 2 unspecified atom stereocenters. The fourth-order valence-electron chi connectivity index (χ4n) is 2.53. The van der Waals surface area contributed by atoms with E-state index in [0.717, 1.165) is 31.5 Å². The summed E-state index contributed by atoms with van der Waals surface area (Å²) in [7, 11) is 0. The number of nitrogens with one attached hydrogen (secondary N) is 1. The Balaban J connectivity index is 1.97. The summed E-state index contributed by atoms with van der Waals surface area (Å²) in [6, 6.07) is 6.53. The smallest absolute Gasteiger partial charge is 0.373 e. The van der Waals surface area contributed by atoms with Gasteiger partial charge in [0.25, 0.3) is 0 Å². The minimum absolute atomic E-state index is 0.0145. The Kier molecular flexibility index (Phi) is 5.96. The molecule has 0 spiro atoms. The van der Waals surface area contributed by atoms with Crippen LogP contribution in [0.1, 0.15) is 31.4 Å². The van der Waals surface area contributed by atoms with Gasteiger partial charge in [0.1, 0.15) is 0 Å². The van der Waals surface area contributed by atoms with E-state index in [0.29, 0.717) is 12.5 Å². The second-order valence-corrected chi connectivity index (χ2v) is 6.30. The minimum atomic E-state index is -4.24. The van der Waals surface area contributed by atoms with Gasteiger partial charge in [0.05, 0.1) is 6.10 Å². The summed E-state index contributed by atoms with van der Waals surface area (Å²) in [5.41, 5.74) is -3.28. The summed E-state index contributed by atoms with van der Waals surface area (Å²) in [5.74, 6) is 0.387. The SMILES string of the molecule is CCCNCC1CCOC1c1ccc(SC(F)(F)F)cc1. The zero-order valence-corrected chi connectivity index (χ0v) is 12.8. The number of alkyl halides is 3. The second-order valence-electron chi connectivity index (χ2n) is 5.16. The lowest BCUT2D eigenvalue weighted by molar-refractivity contribution is -0.0328. The van der Waals surface area contributed by atoms with Crippen molar-refractivity contribution in [2.24, 2.45) is 5.92 Å². The predicted octanol–water partition coefficient (Wildman–Crippen LogP) is 4.38. The highest BCUT2D eigenvalue weighted by atomic mass is 32.2. The fourth-order valence-corrected chi connectivity index (χ4v) is 3.07. The van der Waals surface area contributed by atoms with Crippen molar-refractivity contribution in [2.75, 3.05) is 19.7 Å². The Labute approximate surface area is 127 Å². The summed E-state index contributed by atoms with van der Waals surface area (Å²) in [5, 5.41) is 3.39. The van der Waals surface area contributed by atoms with Crippen molar-refractivity contribution in [1.29, 1.82) is 0 Å². The maximum Gasteiger partial charge on any atom is 0.446 e. The first-order valence-corrected chi connectivity index (χ1v) is 7.99. The van der Waals surface area contributed by atoms with Gasteiger partial charge in [-0.1, -0.05) is 19.1 Å². The lowest BCUT2D eigenvalue weighted by Gasteiger charge is -2.19. The van der Waals surface area contributed by atoms with E-state index in [2.05, 4.69) is 12.2 Å². The highest BCUT2D eigenvalue weighted by molar-refractivity contribution is 8.00. The Morgan fingerprint density at radius 2 is 2.00 bits per heavy atom. The molecule has 2 rings (SSSR count). The summed E-state index contributed by atoms with van der Waals surface area (Å²) < 4.78 is 42.7. The van der Waals surface area contributed by atoms with Crippen LogP contribution in [0.15, 0.2) is 29.2 Å². The van der Waals surface area contributed by atoms with Crippen molar-refractivity contribution in [3.05, 3.63) is 29.8 Å². The van der Waals surface area contributed by atoms with Crippen LogP contribution in [0.4, 0.5) is 13.2 Å². The van der Waals surface area contributed by atoms with Crippen LogP contribution in [0.5, 0.6) is 0 Å². The van der Waals surface area contributed by atoms with Crippen LogP contribution in [-0.4, -0.2) is 25.2 Å². The summed E-state index contributed by atoms with van der Waals surface area (Å²) in [4.78, 5) is 0.213. The van der Waals surface area contributed by atoms with E-state index in [1.54, 1.807) is 12.1 Å². The van der Waals surface area contributed by atoms with Gasteiger partial charge in [0.15, 0.2) is 0 Å². The van der Waals surface area contributed by atoms with Gasteiger partial charge in [-0.3, -0.25) is 0 Å². The molecule has 1 aromatic rings. The van der Waals surface area contributed by atoms with Crippen molar-refractivity contribution in [2.45, 2.75) is 36.3 Å². The van der Waals surface area contributed by atoms with Crippen molar-refractivity contribution in [1.82, 2.24) is 5.32 Å². The van der Waals surface area contributed by atoms with E-state index in [9.17, 15) is 13.2 Å². The zero-order valence-electron chi connectivity index (χ0n) is 12.0. The number of thioether (sulfide) groups is 1. The number of ether oxygens (including phenoxy) is 1. The molecule has 0 amide bonds. The molecule has 1 N–H and O–H groups in total. The van der Waals surface area contributed by atoms with E-state index >= 15 is 0 Å². The van der Waals surface area contributed by atoms with Crippen molar-refractivity contribution in [3.8, 4) is 0 Å². The van der Waals surface area contributed by atoms with E-state index in [4.69, 9.17) is 4.74 Å². The van der Waals surface area contributed by atoms with Crippen LogP contribution in [0.3, 0.4) is 0 Å². The fraction of sp³-hybridized carbons (Fsp3) is 0.600.